The van der Waals surface area contributed by atoms with Gasteiger partial charge in [-0.05, 0) is 106 Å². The van der Waals surface area contributed by atoms with Crippen LogP contribution in [0.3, 0.4) is 0 Å². The highest BCUT2D eigenvalue weighted by molar-refractivity contribution is 5.94. The number of hydrogen-bond acceptors (Lipinski definition) is 7. The van der Waals surface area contributed by atoms with Crippen molar-refractivity contribution in [2.24, 2.45) is 10.7 Å². The highest BCUT2D eigenvalue weighted by Gasteiger charge is 2.36. The zero-order valence-corrected chi connectivity index (χ0v) is 25.7. The first kappa shape index (κ1) is 32.2. The standard InChI is InChI=1S/C34H48N4O5/c1-36-23-34(18-8-9-19-34)43-31-22-25(20-28(32(31)41)38-33(35)37-26-11-4-3-5-12-26)10-6-7-13-27(39)16-14-24-15-17-29(40)30(21-24)42-2/h7,13,15,17,20-22,26,36,40-41H,3-6,8-12,14,16,18-19,23H2,1-2H3,(H3,35,37,38). The van der Waals surface area contributed by atoms with Crippen LogP contribution in [-0.2, 0) is 17.6 Å². The fourth-order valence-electron chi connectivity index (χ4n) is 6.14. The molecule has 0 heterocycles. The van der Waals surface area contributed by atoms with Gasteiger partial charge in [0.25, 0.3) is 0 Å². The van der Waals surface area contributed by atoms with E-state index in [2.05, 4.69) is 15.6 Å². The summed E-state index contributed by atoms with van der Waals surface area (Å²) in [7, 11) is 3.43. The highest BCUT2D eigenvalue weighted by Crippen LogP contribution is 2.42. The molecule has 43 heavy (non-hydrogen) atoms. The number of ether oxygens (including phenoxy) is 2. The number of nitrogens with one attached hydrogen (secondary N) is 2. The predicted molar refractivity (Wildman–Crippen MR) is 171 cm³/mol. The van der Waals surface area contributed by atoms with E-state index in [1.54, 1.807) is 24.3 Å². The summed E-state index contributed by atoms with van der Waals surface area (Å²) in [6.07, 6.45) is 15.4. The number of aryl methyl sites for hydroxylation is 2. The molecule has 6 N–H and O–H groups in total. The van der Waals surface area contributed by atoms with Gasteiger partial charge in [0.1, 0.15) is 5.60 Å². The molecule has 2 aliphatic carbocycles. The molecule has 2 fully saturated rings. The number of carbonyl (C=O) groups is 1. The van der Waals surface area contributed by atoms with E-state index in [-0.39, 0.29) is 28.9 Å². The molecule has 0 spiro atoms. The third-order valence-corrected chi connectivity index (χ3v) is 8.44. The topological polar surface area (TPSA) is 138 Å². The van der Waals surface area contributed by atoms with Crippen molar-refractivity contribution in [2.45, 2.75) is 95.1 Å². The van der Waals surface area contributed by atoms with Crippen LogP contribution in [0.25, 0.3) is 0 Å². The number of hydrogen-bond donors (Lipinski definition) is 5. The lowest BCUT2D eigenvalue weighted by Gasteiger charge is -2.31. The van der Waals surface area contributed by atoms with Gasteiger partial charge in [0.15, 0.2) is 34.7 Å². The van der Waals surface area contributed by atoms with E-state index in [0.717, 1.165) is 62.5 Å². The molecule has 234 valence electrons. The Labute approximate surface area is 255 Å². The number of ketones is 1. The SMILES string of the molecule is CNCC1(Oc2cc(CCC=CC(=O)CCc3ccc(O)c(OC)c3)cc(NC(N)=NC3CCCCC3)c2O)CCCC1. The number of guanidine groups is 1. The van der Waals surface area contributed by atoms with Crippen LogP contribution in [0.2, 0.25) is 0 Å². The van der Waals surface area contributed by atoms with Crippen LogP contribution in [0.5, 0.6) is 23.0 Å². The number of anilines is 1. The number of likely N-dealkylation sites (N-methyl/N-ethyl adjacent to an activating group) is 1. The van der Waals surface area contributed by atoms with Crippen molar-refractivity contribution < 1.29 is 24.5 Å². The van der Waals surface area contributed by atoms with Crippen LogP contribution in [0.15, 0.2) is 47.5 Å². The third kappa shape index (κ3) is 9.38. The third-order valence-electron chi connectivity index (χ3n) is 8.44. The fourth-order valence-corrected chi connectivity index (χ4v) is 6.14. The molecular weight excluding hydrogens is 544 g/mol. The van der Waals surface area contributed by atoms with Crippen molar-refractivity contribution >= 4 is 17.4 Å². The number of benzene rings is 2. The van der Waals surface area contributed by atoms with Crippen molar-refractivity contribution in [3.63, 3.8) is 0 Å². The number of nitrogens with two attached hydrogens (primary N) is 1. The molecule has 0 saturated heterocycles. The molecule has 0 radical (unpaired) electrons. The van der Waals surface area contributed by atoms with Crippen molar-refractivity contribution in [1.82, 2.24) is 5.32 Å². The summed E-state index contributed by atoms with van der Waals surface area (Å²) in [4.78, 5) is 17.2. The van der Waals surface area contributed by atoms with Crippen molar-refractivity contribution in [3.05, 3.63) is 53.6 Å². The van der Waals surface area contributed by atoms with Crippen LogP contribution in [0, 0.1) is 0 Å². The molecule has 0 atom stereocenters. The Morgan fingerprint density at radius 3 is 2.51 bits per heavy atom. The maximum absolute atomic E-state index is 12.5. The summed E-state index contributed by atoms with van der Waals surface area (Å²) < 4.78 is 11.7. The van der Waals surface area contributed by atoms with Gasteiger partial charge in [-0.25, -0.2) is 4.99 Å². The summed E-state index contributed by atoms with van der Waals surface area (Å²) in [5.41, 5.74) is 8.31. The molecular formula is C34H48N4O5. The van der Waals surface area contributed by atoms with Gasteiger partial charge in [-0.2, -0.15) is 0 Å². The van der Waals surface area contributed by atoms with Gasteiger partial charge in [0.2, 0.25) is 0 Å². The number of phenolic OH excluding ortho intramolecular Hbond substituents is 2. The van der Waals surface area contributed by atoms with Crippen molar-refractivity contribution in [2.75, 3.05) is 26.0 Å². The maximum Gasteiger partial charge on any atom is 0.193 e. The van der Waals surface area contributed by atoms with E-state index in [0.29, 0.717) is 55.4 Å². The number of phenols is 2. The Hall–Kier alpha value is -3.72. The van der Waals surface area contributed by atoms with Gasteiger partial charge in [-0.3, -0.25) is 4.79 Å². The molecule has 0 bridgehead atoms. The quantitative estimate of drug-likeness (QED) is 0.0807. The van der Waals surface area contributed by atoms with Crippen LogP contribution >= 0.6 is 0 Å². The molecule has 0 amide bonds. The van der Waals surface area contributed by atoms with Gasteiger partial charge >= 0.3 is 0 Å². The zero-order valence-electron chi connectivity index (χ0n) is 25.7. The van der Waals surface area contributed by atoms with Gasteiger partial charge < -0.3 is 36.1 Å². The summed E-state index contributed by atoms with van der Waals surface area (Å²) in [6, 6.07) is 9.12. The molecule has 9 nitrogen and oxygen atoms in total. The van der Waals surface area contributed by atoms with E-state index >= 15 is 0 Å². The largest absolute Gasteiger partial charge is 0.504 e. The zero-order chi connectivity index (χ0) is 30.7. The van der Waals surface area contributed by atoms with E-state index in [9.17, 15) is 15.0 Å². The number of aliphatic imine (C=N–C) groups is 1. The smallest absolute Gasteiger partial charge is 0.193 e. The lowest BCUT2D eigenvalue weighted by Crippen LogP contribution is -2.42. The molecule has 0 aliphatic heterocycles. The lowest BCUT2D eigenvalue weighted by molar-refractivity contribution is -0.114. The van der Waals surface area contributed by atoms with Crippen molar-refractivity contribution in [3.8, 4) is 23.0 Å². The second-order valence-electron chi connectivity index (χ2n) is 11.9. The number of allylic oxidation sites excluding steroid dienone is 2. The molecule has 9 heteroatoms. The Morgan fingerprint density at radius 2 is 1.79 bits per heavy atom. The van der Waals surface area contributed by atoms with Crippen LogP contribution in [0.4, 0.5) is 5.69 Å². The predicted octanol–water partition coefficient (Wildman–Crippen LogP) is 5.77. The number of aromatic hydroxyl groups is 2. The first-order valence-electron chi connectivity index (χ1n) is 15.7. The first-order chi connectivity index (χ1) is 20.8. The monoisotopic (exact) mass is 592 g/mol. The fraction of sp³-hybridized carbons (Fsp3) is 0.529. The van der Waals surface area contributed by atoms with Crippen molar-refractivity contribution in [1.29, 1.82) is 0 Å². The Kier molecular flexibility index (Phi) is 11.7. The molecule has 0 aromatic heterocycles. The number of nitrogens with zero attached hydrogens (tertiary/aromatic N) is 1. The summed E-state index contributed by atoms with van der Waals surface area (Å²) >= 11 is 0. The summed E-state index contributed by atoms with van der Waals surface area (Å²) in [5, 5.41) is 27.4. The first-order valence-corrected chi connectivity index (χ1v) is 15.7. The number of carbonyl (C=O) groups excluding carboxylic acids is 1. The summed E-state index contributed by atoms with van der Waals surface area (Å²) in [5.74, 6) is 1.28. The van der Waals surface area contributed by atoms with Gasteiger partial charge in [-0.1, -0.05) is 31.4 Å². The minimum absolute atomic E-state index is 0.0319. The molecule has 2 aromatic carbocycles. The van der Waals surface area contributed by atoms with Crippen LogP contribution < -0.4 is 25.8 Å². The Morgan fingerprint density at radius 1 is 1.05 bits per heavy atom. The average Bonchev–Trinajstić information content (AvgIpc) is 3.45. The van der Waals surface area contributed by atoms with Crippen LogP contribution in [0.1, 0.15) is 81.8 Å². The second-order valence-corrected chi connectivity index (χ2v) is 11.9. The normalized spacial score (nSPS) is 17.3. The molecule has 0 unspecified atom stereocenters. The Balaban J connectivity index is 1.43. The molecule has 2 aromatic rings. The van der Waals surface area contributed by atoms with E-state index in [1.165, 1.54) is 13.5 Å². The van der Waals surface area contributed by atoms with E-state index in [4.69, 9.17) is 15.2 Å². The molecule has 2 aliphatic rings. The lowest BCUT2D eigenvalue weighted by atomic mass is 9.96. The van der Waals surface area contributed by atoms with Gasteiger partial charge in [0, 0.05) is 13.0 Å². The van der Waals surface area contributed by atoms with E-state index in [1.807, 2.05) is 25.3 Å². The maximum atomic E-state index is 12.5. The van der Waals surface area contributed by atoms with Gasteiger partial charge in [0.05, 0.1) is 18.8 Å². The minimum Gasteiger partial charge on any atom is -0.504 e. The Bertz CT molecular complexity index is 1280. The molecule has 2 saturated carbocycles. The molecule has 4 rings (SSSR count). The minimum atomic E-state index is -0.363. The highest BCUT2D eigenvalue weighted by atomic mass is 16.5. The number of methoxy groups -OCH3 is 1. The van der Waals surface area contributed by atoms with Gasteiger partial charge in [-0.15, -0.1) is 0 Å². The summed E-state index contributed by atoms with van der Waals surface area (Å²) in [6.45, 7) is 0.701. The average molecular weight is 593 g/mol. The van der Waals surface area contributed by atoms with Crippen LogP contribution in [-0.4, -0.2) is 54.3 Å². The number of rotatable bonds is 14. The second kappa shape index (κ2) is 15.7. The van der Waals surface area contributed by atoms with E-state index < -0.39 is 0 Å².